The number of anilines is 1. The summed E-state index contributed by atoms with van der Waals surface area (Å²) in [6, 6.07) is 8.02. The second kappa shape index (κ2) is 5.53. The van der Waals surface area contributed by atoms with E-state index in [2.05, 4.69) is 10.3 Å². The van der Waals surface area contributed by atoms with Crippen LogP contribution < -0.4 is 5.32 Å². The number of benzene rings is 1. The lowest BCUT2D eigenvalue weighted by Crippen LogP contribution is -2.15. The monoisotopic (exact) mass is 310 g/mol. The first kappa shape index (κ1) is 14.7. The van der Waals surface area contributed by atoms with Crippen LogP contribution in [0.15, 0.2) is 42.7 Å². The number of fused-ring (bicyclic) bond motifs is 1. The summed E-state index contributed by atoms with van der Waals surface area (Å²) in [6.07, 6.45) is 3.48. The summed E-state index contributed by atoms with van der Waals surface area (Å²) in [5, 5.41) is 13.8. The van der Waals surface area contributed by atoms with Gasteiger partial charge in [-0.15, -0.1) is 0 Å². The highest BCUT2D eigenvalue weighted by atomic mass is 16.6. The van der Waals surface area contributed by atoms with E-state index >= 15 is 0 Å². The van der Waals surface area contributed by atoms with Crippen LogP contribution in [0.4, 0.5) is 11.4 Å². The van der Waals surface area contributed by atoms with E-state index in [-0.39, 0.29) is 17.2 Å². The molecule has 0 spiro atoms. The Labute approximate surface area is 131 Å². The summed E-state index contributed by atoms with van der Waals surface area (Å²) in [7, 11) is 0. The maximum absolute atomic E-state index is 12.5. The van der Waals surface area contributed by atoms with E-state index in [4.69, 9.17) is 0 Å². The number of carbonyl (C=O) groups excluding carboxylic acids is 1. The maximum atomic E-state index is 12.5. The molecule has 3 rings (SSSR count). The molecule has 7 nitrogen and oxygen atoms in total. The SMILES string of the molecule is Cc1c(C(=O)Nc2ccc3nccn3c2C)cccc1[N+](=O)[O-]. The number of aromatic nitrogens is 2. The zero-order valence-electron chi connectivity index (χ0n) is 12.6. The first-order valence-corrected chi connectivity index (χ1v) is 6.97. The van der Waals surface area contributed by atoms with Gasteiger partial charge in [-0.05, 0) is 32.0 Å². The second-order valence-corrected chi connectivity index (χ2v) is 5.15. The highest BCUT2D eigenvalue weighted by molar-refractivity contribution is 6.06. The van der Waals surface area contributed by atoms with Crippen LogP contribution in [0.5, 0.6) is 0 Å². The number of nitro groups is 1. The van der Waals surface area contributed by atoms with Crippen molar-refractivity contribution in [2.24, 2.45) is 0 Å². The van der Waals surface area contributed by atoms with E-state index in [9.17, 15) is 14.9 Å². The number of hydrogen-bond acceptors (Lipinski definition) is 4. The molecule has 7 heteroatoms. The minimum atomic E-state index is -0.491. The molecular weight excluding hydrogens is 296 g/mol. The van der Waals surface area contributed by atoms with Gasteiger partial charge in [-0.1, -0.05) is 6.07 Å². The van der Waals surface area contributed by atoms with Gasteiger partial charge < -0.3 is 9.72 Å². The van der Waals surface area contributed by atoms with Crippen molar-refractivity contribution in [3.8, 4) is 0 Å². The average molecular weight is 310 g/mol. The van der Waals surface area contributed by atoms with Crippen molar-refractivity contribution in [1.82, 2.24) is 9.38 Å². The van der Waals surface area contributed by atoms with Crippen molar-refractivity contribution < 1.29 is 9.72 Å². The third-order valence-corrected chi connectivity index (χ3v) is 3.81. The Morgan fingerprint density at radius 1 is 1.26 bits per heavy atom. The van der Waals surface area contributed by atoms with Crippen LogP contribution in [-0.2, 0) is 0 Å². The molecule has 2 aromatic heterocycles. The summed E-state index contributed by atoms with van der Waals surface area (Å²) in [5.41, 5.74) is 2.80. The van der Waals surface area contributed by atoms with Gasteiger partial charge in [-0.25, -0.2) is 4.98 Å². The Bertz CT molecular complexity index is 930. The van der Waals surface area contributed by atoms with Crippen molar-refractivity contribution >= 4 is 22.9 Å². The molecular formula is C16H14N4O3. The summed E-state index contributed by atoms with van der Waals surface area (Å²) in [4.78, 5) is 27.2. The number of carbonyl (C=O) groups is 1. The Morgan fingerprint density at radius 2 is 2.04 bits per heavy atom. The molecule has 0 fully saturated rings. The Hall–Kier alpha value is -3.22. The predicted octanol–water partition coefficient (Wildman–Crippen LogP) is 3.11. The van der Waals surface area contributed by atoms with Crippen LogP contribution >= 0.6 is 0 Å². The number of pyridine rings is 1. The molecule has 1 amide bonds. The Morgan fingerprint density at radius 3 is 2.78 bits per heavy atom. The van der Waals surface area contributed by atoms with Crippen LogP contribution in [0.1, 0.15) is 21.6 Å². The number of nitro benzene ring substituents is 1. The van der Waals surface area contributed by atoms with Gasteiger partial charge in [0.05, 0.1) is 10.6 Å². The Kier molecular flexibility index (Phi) is 3.53. The molecule has 0 saturated heterocycles. The van der Waals surface area contributed by atoms with Crippen LogP contribution in [0.25, 0.3) is 5.65 Å². The number of nitrogens with one attached hydrogen (secondary N) is 1. The molecule has 0 aliphatic carbocycles. The standard InChI is InChI=1S/C16H14N4O3/c1-10-12(4-3-5-14(10)20(22)23)16(21)18-13-6-7-15-17-8-9-19(15)11(13)2/h3-9H,1-2H3,(H,18,21). The van der Waals surface area contributed by atoms with Crippen LogP contribution in [0.3, 0.4) is 0 Å². The third-order valence-electron chi connectivity index (χ3n) is 3.81. The first-order chi connectivity index (χ1) is 11.0. The molecule has 1 aromatic carbocycles. The lowest BCUT2D eigenvalue weighted by molar-refractivity contribution is -0.385. The van der Waals surface area contributed by atoms with Gasteiger partial charge in [0.1, 0.15) is 5.65 Å². The molecule has 3 aromatic rings. The van der Waals surface area contributed by atoms with Gasteiger partial charge in [0.2, 0.25) is 0 Å². The fourth-order valence-electron chi connectivity index (χ4n) is 2.52. The van der Waals surface area contributed by atoms with E-state index in [1.165, 1.54) is 12.1 Å². The largest absolute Gasteiger partial charge is 0.320 e. The summed E-state index contributed by atoms with van der Waals surface area (Å²) in [6.45, 7) is 3.43. The quantitative estimate of drug-likeness (QED) is 0.594. The minimum absolute atomic E-state index is 0.0700. The summed E-state index contributed by atoms with van der Waals surface area (Å²) >= 11 is 0. The zero-order chi connectivity index (χ0) is 16.6. The van der Waals surface area contributed by atoms with E-state index in [1.807, 2.05) is 11.3 Å². The summed E-state index contributed by atoms with van der Waals surface area (Å²) < 4.78 is 1.86. The molecule has 2 heterocycles. The molecule has 0 aliphatic heterocycles. The number of hydrogen-bond donors (Lipinski definition) is 1. The molecule has 0 unspecified atom stereocenters. The van der Waals surface area contributed by atoms with Crippen LogP contribution in [0, 0.1) is 24.0 Å². The fourth-order valence-corrected chi connectivity index (χ4v) is 2.52. The highest BCUT2D eigenvalue weighted by Crippen LogP contribution is 2.23. The molecule has 116 valence electrons. The van der Waals surface area contributed by atoms with Crippen LogP contribution in [0.2, 0.25) is 0 Å². The zero-order valence-corrected chi connectivity index (χ0v) is 12.6. The number of rotatable bonds is 3. The van der Waals surface area contributed by atoms with Crippen molar-refractivity contribution in [3.63, 3.8) is 0 Å². The number of amides is 1. The molecule has 1 N–H and O–H groups in total. The molecule has 0 saturated carbocycles. The second-order valence-electron chi connectivity index (χ2n) is 5.15. The smallest absolute Gasteiger partial charge is 0.273 e. The van der Waals surface area contributed by atoms with Crippen LogP contribution in [-0.4, -0.2) is 20.2 Å². The molecule has 23 heavy (non-hydrogen) atoms. The van der Waals surface area contributed by atoms with Gasteiger partial charge >= 0.3 is 0 Å². The minimum Gasteiger partial charge on any atom is -0.320 e. The lowest BCUT2D eigenvalue weighted by Gasteiger charge is -2.11. The van der Waals surface area contributed by atoms with E-state index in [0.29, 0.717) is 11.3 Å². The highest BCUT2D eigenvalue weighted by Gasteiger charge is 2.18. The fraction of sp³-hybridized carbons (Fsp3) is 0.125. The van der Waals surface area contributed by atoms with Crippen molar-refractivity contribution in [2.75, 3.05) is 5.32 Å². The van der Waals surface area contributed by atoms with Gasteiger partial charge in [-0.3, -0.25) is 14.9 Å². The summed E-state index contributed by atoms with van der Waals surface area (Å²) in [5.74, 6) is -0.381. The van der Waals surface area contributed by atoms with Crippen molar-refractivity contribution in [3.05, 3.63) is 69.7 Å². The normalized spacial score (nSPS) is 10.7. The lowest BCUT2D eigenvalue weighted by atomic mass is 10.1. The van der Waals surface area contributed by atoms with Gasteiger partial charge in [-0.2, -0.15) is 0 Å². The maximum Gasteiger partial charge on any atom is 0.273 e. The molecule has 0 atom stereocenters. The Balaban J connectivity index is 1.96. The van der Waals surface area contributed by atoms with E-state index < -0.39 is 4.92 Å². The van der Waals surface area contributed by atoms with Gasteiger partial charge in [0.25, 0.3) is 11.6 Å². The topological polar surface area (TPSA) is 89.5 Å². The number of aryl methyl sites for hydroxylation is 1. The third kappa shape index (κ3) is 2.52. The predicted molar refractivity (Wildman–Crippen MR) is 85.7 cm³/mol. The molecule has 0 bridgehead atoms. The molecule has 0 radical (unpaired) electrons. The number of imidazole rings is 1. The average Bonchev–Trinajstić information content (AvgIpc) is 2.99. The van der Waals surface area contributed by atoms with E-state index in [0.717, 1.165) is 11.3 Å². The van der Waals surface area contributed by atoms with Gasteiger partial charge in [0, 0.05) is 35.3 Å². The van der Waals surface area contributed by atoms with Crippen molar-refractivity contribution in [2.45, 2.75) is 13.8 Å². The van der Waals surface area contributed by atoms with Gasteiger partial charge in [0.15, 0.2) is 0 Å². The van der Waals surface area contributed by atoms with Crippen molar-refractivity contribution in [1.29, 1.82) is 0 Å². The van der Waals surface area contributed by atoms with E-state index in [1.54, 1.807) is 37.5 Å². The first-order valence-electron chi connectivity index (χ1n) is 6.97. The number of nitrogens with zero attached hydrogens (tertiary/aromatic N) is 3. The molecule has 0 aliphatic rings.